The fourth-order valence-electron chi connectivity index (χ4n) is 3.18. The van der Waals surface area contributed by atoms with Crippen molar-refractivity contribution in [2.24, 2.45) is 0 Å². The molecule has 0 aliphatic rings. The van der Waals surface area contributed by atoms with E-state index in [1.54, 1.807) is 12.4 Å². The lowest BCUT2D eigenvalue weighted by Gasteiger charge is -2.02. The summed E-state index contributed by atoms with van der Waals surface area (Å²) < 4.78 is 0. The molecule has 4 aromatic heterocycles. The minimum atomic E-state index is -0.288. The highest BCUT2D eigenvalue weighted by molar-refractivity contribution is 7.21. The number of hydrogen-bond donors (Lipinski definition) is 2. The van der Waals surface area contributed by atoms with Gasteiger partial charge in [-0.3, -0.25) is 15.1 Å². The highest BCUT2D eigenvalue weighted by Crippen LogP contribution is 2.35. The van der Waals surface area contributed by atoms with Crippen molar-refractivity contribution in [3.8, 4) is 22.5 Å². The molecule has 3 N–H and O–H groups in total. The zero-order valence-corrected chi connectivity index (χ0v) is 18.1. The highest BCUT2D eigenvalue weighted by Gasteiger charge is 2.19. The Balaban J connectivity index is 1.42. The van der Waals surface area contributed by atoms with E-state index in [1.807, 2.05) is 48.7 Å². The number of rotatable bonds is 4. The molecule has 0 atom stereocenters. The minimum Gasteiger partial charge on any atom is -0.397 e. The zero-order valence-electron chi connectivity index (χ0n) is 16.5. The quantitative estimate of drug-likeness (QED) is 0.376. The predicted molar refractivity (Wildman–Crippen MR) is 128 cm³/mol. The number of hydrogen-bond acceptors (Lipinski definition) is 7. The van der Waals surface area contributed by atoms with Crippen molar-refractivity contribution in [2.45, 2.75) is 6.92 Å². The molecular weight excluding hydrogens is 426 g/mol. The smallest absolute Gasteiger partial charge is 0.269 e. The van der Waals surface area contributed by atoms with Crippen LogP contribution in [-0.2, 0) is 0 Å². The van der Waals surface area contributed by atoms with Crippen molar-refractivity contribution >= 4 is 49.6 Å². The standard InChI is InChI=1S/C23H17N5OS2/c1-13-4-6-14(7-5-13)17-9-8-16-19(24)20(31-22(16)26-17)21(29)28-23-27-18(12-30-23)15-3-2-10-25-11-15/h2-12H,24H2,1H3,(H,27,28,29). The van der Waals surface area contributed by atoms with Gasteiger partial charge in [0.1, 0.15) is 9.71 Å². The van der Waals surface area contributed by atoms with E-state index < -0.39 is 0 Å². The molecule has 0 radical (unpaired) electrons. The number of nitrogen functional groups attached to an aromatic ring is 1. The largest absolute Gasteiger partial charge is 0.397 e. The Morgan fingerprint density at radius 3 is 2.61 bits per heavy atom. The summed E-state index contributed by atoms with van der Waals surface area (Å²) in [6.45, 7) is 2.05. The molecular formula is C23H17N5OS2. The summed E-state index contributed by atoms with van der Waals surface area (Å²) in [6.07, 6.45) is 3.45. The summed E-state index contributed by atoms with van der Waals surface area (Å²) in [7, 11) is 0. The van der Waals surface area contributed by atoms with Crippen LogP contribution in [0.1, 0.15) is 15.2 Å². The van der Waals surface area contributed by atoms with Gasteiger partial charge in [-0.05, 0) is 31.2 Å². The fraction of sp³-hybridized carbons (Fsp3) is 0.0435. The minimum absolute atomic E-state index is 0.288. The number of fused-ring (bicyclic) bond motifs is 1. The molecule has 5 rings (SSSR count). The summed E-state index contributed by atoms with van der Waals surface area (Å²) in [6, 6.07) is 15.8. The number of thiophene rings is 1. The van der Waals surface area contributed by atoms with Crippen LogP contribution >= 0.6 is 22.7 Å². The van der Waals surface area contributed by atoms with Crippen molar-refractivity contribution in [3.05, 3.63) is 76.7 Å². The van der Waals surface area contributed by atoms with Gasteiger partial charge in [0.2, 0.25) is 0 Å². The van der Waals surface area contributed by atoms with Gasteiger partial charge in [-0.15, -0.1) is 22.7 Å². The van der Waals surface area contributed by atoms with Crippen LogP contribution in [0.25, 0.3) is 32.7 Å². The molecule has 0 fully saturated rings. The summed E-state index contributed by atoms with van der Waals surface area (Å²) in [5.41, 5.74) is 11.4. The van der Waals surface area contributed by atoms with Crippen LogP contribution in [0.3, 0.4) is 0 Å². The monoisotopic (exact) mass is 443 g/mol. The van der Waals surface area contributed by atoms with Crippen LogP contribution in [0.2, 0.25) is 0 Å². The number of carbonyl (C=O) groups is 1. The summed E-state index contributed by atoms with van der Waals surface area (Å²) in [5, 5.41) is 6.03. The second-order valence-corrected chi connectivity index (χ2v) is 8.85. The summed E-state index contributed by atoms with van der Waals surface area (Å²) in [4.78, 5) is 27.4. The average molecular weight is 444 g/mol. The van der Waals surface area contributed by atoms with Crippen molar-refractivity contribution in [1.82, 2.24) is 15.0 Å². The lowest BCUT2D eigenvalue weighted by atomic mass is 10.1. The Kier molecular flexibility index (Phi) is 4.93. The Morgan fingerprint density at radius 1 is 1.00 bits per heavy atom. The van der Waals surface area contributed by atoms with Crippen molar-refractivity contribution in [3.63, 3.8) is 0 Å². The van der Waals surface area contributed by atoms with Crippen LogP contribution in [-0.4, -0.2) is 20.9 Å². The zero-order chi connectivity index (χ0) is 21.4. The van der Waals surface area contributed by atoms with Gasteiger partial charge in [0.25, 0.3) is 5.91 Å². The molecule has 4 heterocycles. The molecule has 1 amide bonds. The van der Waals surface area contributed by atoms with Crippen LogP contribution in [0.5, 0.6) is 0 Å². The number of nitrogens with two attached hydrogens (primary N) is 1. The molecule has 0 saturated carbocycles. The van der Waals surface area contributed by atoms with Crippen LogP contribution in [0.15, 0.2) is 66.3 Å². The number of carbonyl (C=O) groups excluding carboxylic acids is 1. The van der Waals surface area contributed by atoms with Gasteiger partial charge in [-0.25, -0.2) is 9.97 Å². The molecule has 0 unspecified atom stereocenters. The van der Waals surface area contributed by atoms with Gasteiger partial charge in [-0.1, -0.05) is 29.8 Å². The van der Waals surface area contributed by atoms with Gasteiger partial charge < -0.3 is 5.73 Å². The summed E-state index contributed by atoms with van der Waals surface area (Å²) >= 11 is 2.64. The number of nitrogens with zero attached hydrogens (tertiary/aromatic N) is 3. The van der Waals surface area contributed by atoms with Gasteiger partial charge >= 0.3 is 0 Å². The van der Waals surface area contributed by atoms with Gasteiger partial charge in [0.15, 0.2) is 5.13 Å². The summed E-state index contributed by atoms with van der Waals surface area (Å²) in [5.74, 6) is -0.288. The SMILES string of the molecule is Cc1ccc(-c2ccc3c(N)c(C(=O)Nc4nc(-c5cccnc5)cs4)sc3n2)cc1. The van der Waals surface area contributed by atoms with E-state index in [0.717, 1.165) is 32.7 Å². The number of pyridine rings is 2. The van der Waals surface area contributed by atoms with Crippen molar-refractivity contribution < 1.29 is 4.79 Å². The second kappa shape index (κ2) is 7.90. The van der Waals surface area contributed by atoms with Crippen LogP contribution < -0.4 is 11.1 Å². The number of benzene rings is 1. The topological polar surface area (TPSA) is 93.8 Å². The third-order valence-corrected chi connectivity index (χ3v) is 6.70. The van der Waals surface area contributed by atoms with Gasteiger partial charge in [-0.2, -0.15) is 0 Å². The molecule has 6 nitrogen and oxygen atoms in total. The Bertz CT molecular complexity index is 1390. The van der Waals surface area contributed by atoms with E-state index in [4.69, 9.17) is 10.7 Å². The first-order valence-corrected chi connectivity index (χ1v) is 11.2. The Hall–Kier alpha value is -3.62. The lowest BCUT2D eigenvalue weighted by molar-refractivity contribution is 0.103. The van der Waals surface area contributed by atoms with Gasteiger partial charge in [0, 0.05) is 34.3 Å². The number of thiazole rings is 1. The molecule has 0 saturated heterocycles. The Morgan fingerprint density at radius 2 is 1.84 bits per heavy atom. The lowest BCUT2D eigenvalue weighted by Crippen LogP contribution is -2.11. The number of aryl methyl sites for hydroxylation is 1. The van der Waals surface area contributed by atoms with Crippen LogP contribution in [0.4, 0.5) is 10.8 Å². The maximum absolute atomic E-state index is 12.9. The molecule has 0 spiro atoms. The Labute approximate surface area is 186 Å². The first-order valence-electron chi connectivity index (χ1n) is 9.52. The molecule has 0 aliphatic heterocycles. The van der Waals surface area contributed by atoms with E-state index in [1.165, 1.54) is 28.2 Å². The fourth-order valence-corrected chi connectivity index (χ4v) is 4.89. The number of nitrogens with one attached hydrogen (secondary N) is 1. The van der Waals surface area contributed by atoms with E-state index in [9.17, 15) is 4.79 Å². The van der Waals surface area contributed by atoms with E-state index in [0.29, 0.717) is 15.7 Å². The van der Waals surface area contributed by atoms with E-state index in [2.05, 4.69) is 27.4 Å². The molecule has 1 aromatic carbocycles. The molecule has 8 heteroatoms. The maximum Gasteiger partial charge on any atom is 0.269 e. The predicted octanol–water partition coefficient (Wildman–Crippen LogP) is 5.62. The normalized spacial score (nSPS) is 11.0. The maximum atomic E-state index is 12.9. The highest BCUT2D eigenvalue weighted by atomic mass is 32.1. The van der Waals surface area contributed by atoms with Crippen molar-refractivity contribution in [2.75, 3.05) is 11.1 Å². The van der Waals surface area contributed by atoms with Crippen molar-refractivity contribution in [1.29, 1.82) is 0 Å². The number of aromatic nitrogens is 3. The molecule has 31 heavy (non-hydrogen) atoms. The third kappa shape index (κ3) is 3.78. The molecule has 0 aliphatic carbocycles. The first kappa shape index (κ1) is 19.3. The van der Waals surface area contributed by atoms with Crippen LogP contribution in [0, 0.1) is 6.92 Å². The molecule has 0 bridgehead atoms. The average Bonchev–Trinajstić information content (AvgIpc) is 3.39. The third-order valence-electron chi connectivity index (χ3n) is 4.83. The van der Waals surface area contributed by atoms with E-state index >= 15 is 0 Å². The number of amides is 1. The number of anilines is 2. The first-order chi connectivity index (χ1) is 15.1. The molecule has 152 valence electrons. The van der Waals surface area contributed by atoms with E-state index in [-0.39, 0.29) is 5.91 Å². The molecule has 5 aromatic rings. The second-order valence-electron chi connectivity index (χ2n) is 6.99. The van der Waals surface area contributed by atoms with Gasteiger partial charge in [0.05, 0.1) is 17.1 Å².